The number of phenols is 2. The van der Waals surface area contributed by atoms with Gasteiger partial charge in [-0.1, -0.05) is 55.5 Å². The number of nitrogens with zero attached hydrogens (tertiary/aromatic N) is 1. The highest BCUT2D eigenvalue weighted by molar-refractivity contribution is 5.95. The van der Waals surface area contributed by atoms with E-state index < -0.39 is 0 Å². The number of likely N-dealkylation sites (tertiary alicyclic amines) is 1. The maximum atomic E-state index is 10.1. The number of rotatable bonds is 5. The van der Waals surface area contributed by atoms with Crippen molar-refractivity contribution in [2.75, 3.05) is 19.6 Å². The molecule has 0 bridgehead atoms. The van der Waals surface area contributed by atoms with Gasteiger partial charge in [0.2, 0.25) is 0 Å². The fourth-order valence-corrected chi connectivity index (χ4v) is 5.03. The predicted molar refractivity (Wildman–Crippen MR) is 138 cm³/mol. The zero-order valence-electron chi connectivity index (χ0n) is 19.7. The lowest BCUT2D eigenvalue weighted by Crippen LogP contribution is -2.19. The molecular formula is C30H31NO3. The predicted octanol–water partition coefficient (Wildman–Crippen LogP) is 6.52. The zero-order valence-corrected chi connectivity index (χ0v) is 19.7. The summed E-state index contributed by atoms with van der Waals surface area (Å²) < 4.78 is 6.47. The van der Waals surface area contributed by atoms with Crippen LogP contribution in [0.1, 0.15) is 48.6 Å². The molecule has 3 aromatic rings. The highest BCUT2D eigenvalue weighted by Crippen LogP contribution is 2.47. The van der Waals surface area contributed by atoms with E-state index >= 15 is 0 Å². The maximum absolute atomic E-state index is 10.1. The van der Waals surface area contributed by atoms with Gasteiger partial charge in [-0.3, -0.25) is 4.90 Å². The van der Waals surface area contributed by atoms with Gasteiger partial charge in [0.25, 0.3) is 0 Å². The second-order valence-corrected chi connectivity index (χ2v) is 9.49. The normalized spacial score (nSPS) is 20.5. The van der Waals surface area contributed by atoms with Gasteiger partial charge in [0, 0.05) is 24.2 Å². The SMILES string of the molecule is CC1=C(c2cccc(O)c2)C(c2ccc(/C=C\CN3CCC(C)C3)cc2)Oc2ccc(O)cc21. The van der Waals surface area contributed by atoms with Crippen LogP contribution >= 0.6 is 0 Å². The van der Waals surface area contributed by atoms with E-state index in [4.69, 9.17) is 4.74 Å². The van der Waals surface area contributed by atoms with Gasteiger partial charge >= 0.3 is 0 Å². The number of benzene rings is 3. The Balaban J connectivity index is 1.44. The van der Waals surface area contributed by atoms with E-state index in [1.54, 1.807) is 24.3 Å². The van der Waals surface area contributed by atoms with Crippen molar-refractivity contribution in [3.63, 3.8) is 0 Å². The molecule has 4 heteroatoms. The Bertz CT molecular complexity index is 1240. The Hall–Kier alpha value is -3.50. The summed E-state index contributed by atoms with van der Waals surface area (Å²) in [5, 5.41) is 20.2. The van der Waals surface area contributed by atoms with E-state index in [-0.39, 0.29) is 17.6 Å². The second-order valence-electron chi connectivity index (χ2n) is 9.49. The van der Waals surface area contributed by atoms with Gasteiger partial charge in [-0.15, -0.1) is 0 Å². The number of hydrogen-bond acceptors (Lipinski definition) is 4. The smallest absolute Gasteiger partial charge is 0.150 e. The van der Waals surface area contributed by atoms with Gasteiger partial charge in [0.1, 0.15) is 23.4 Å². The summed E-state index contributed by atoms with van der Waals surface area (Å²) in [6.07, 6.45) is 5.41. The minimum Gasteiger partial charge on any atom is -0.508 e. The van der Waals surface area contributed by atoms with E-state index in [1.807, 2.05) is 25.1 Å². The van der Waals surface area contributed by atoms with Gasteiger partial charge in [0.05, 0.1) is 0 Å². The van der Waals surface area contributed by atoms with Gasteiger partial charge in [0.15, 0.2) is 0 Å². The highest BCUT2D eigenvalue weighted by Gasteiger charge is 2.29. The molecule has 3 aromatic carbocycles. The molecule has 2 aliphatic rings. The van der Waals surface area contributed by atoms with Crippen LogP contribution in [0, 0.1) is 5.92 Å². The third-order valence-electron chi connectivity index (χ3n) is 6.86. The van der Waals surface area contributed by atoms with Crippen LogP contribution in [0.4, 0.5) is 0 Å². The molecule has 0 amide bonds. The minimum atomic E-state index is -0.317. The molecule has 5 rings (SSSR count). The van der Waals surface area contributed by atoms with Gasteiger partial charge in [-0.05, 0) is 78.4 Å². The first-order valence-electron chi connectivity index (χ1n) is 12.0. The average Bonchev–Trinajstić information content (AvgIpc) is 3.25. The van der Waals surface area contributed by atoms with Crippen LogP contribution in [0.2, 0.25) is 0 Å². The van der Waals surface area contributed by atoms with Crippen molar-refractivity contribution in [1.82, 2.24) is 4.90 Å². The third-order valence-corrected chi connectivity index (χ3v) is 6.86. The zero-order chi connectivity index (χ0) is 23.7. The van der Waals surface area contributed by atoms with Gasteiger partial charge in [-0.25, -0.2) is 0 Å². The number of fused-ring (bicyclic) bond motifs is 1. The number of aromatic hydroxyl groups is 2. The maximum Gasteiger partial charge on any atom is 0.150 e. The van der Waals surface area contributed by atoms with E-state index in [0.29, 0.717) is 0 Å². The molecule has 2 heterocycles. The highest BCUT2D eigenvalue weighted by atomic mass is 16.5. The summed E-state index contributed by atoms with van der Waals surface area (Å²) >= 11 is 0. The molecule has 0 spiro atoms. The first kappa shape index (κ1) is 22.3. The van der Waals surface area contributed by atoms with Crippen LogP contribution in [0.3, 0.4) is 0 Å². The molecule has 2 unspecified atom stereocenters. The number of ether oxygens (including phenoxy) is 1. The van der Waals surface area contributed by atoms with Crippen molar-refractivity contribution in [2.45, 2.75) is 26.4 Å². The lowest BCUT2D eigenvalue weighted by molar-refractivity contribution is 0.259. The molecule has 4 nitrogen and oxygen atoms in total. The molecular weight excluding hydrogens is 422 g/mol. The average molecular weight is 454 g/mol. The van der Waals surface area contributed by atoms with E-state index in [1.165, 1.54) is 19.5 Å². The van der Waals surface area contributed by atoms with Crippen molar-refractivity contribution in [3.8, 4) is 17.2 Å². The van der Waals surface area contributed by atoms with Crippen molar-refractivity contribution < 1.29 is 14.9 Å². The lowest BCUT2D eigenvalue weighted by Gasteiger charge is -2.31. The Kier molecular flexibility index (Phi) is 6.16. The monoisotopic (exact) mass is 453 g/mol. The summed E-state index contributed by atoms with van der Waals surface area (Å²) in [6.45, 7) is 7.73. The van der Waals surface area contributed by atoms with E-state index in [0.717, 1.165) is 51.6 Å². The van der Waals surface area contributed by atoms with Crippen molar-refractivity contribution >= 4 is 17.2 Å². The summed E-state index contributed by atoms with van der Waals surface area (Å²) in [5.74, 6) is 1.96. The molecule has 174 valence electrons. The van der Waals surface area contributed by atoms with Crippen molar-refractivity contribution in [3.05, 3.63) is 95.1 Å². The topological polar surface area (TPSA) is 52.9 Å². The van der Waals surface area contributed by atoms with Gasteiger partial charge < -0.3 is 14.9 Å². The molecule has 1 saturated heterocycles. The van der Waals surface area contributed by atoms with Crippen LogP contribution in [0.25, 0.3) is 17.2 Å². The third kappa shape index (κ3) is 4.59. The Labute approximate surface area is 201 Å². The molecule has 34 heavy (non-hydrogen) atoms. The second kappa shape index (κ2) is 9.40. The Morgan fingerprint density at radius 1 is 1.00 bits per heavy atom. The summed E-state index contributed by atoms with van der Waals surface area (Å²) in [4.78, 5) is 2.50. The van der Waals surface area contributed by atoms with Crippen LogP contribution in [-0.2, 0) is 0 Å². The molecule has 1 fully saturated rings. The van der Waals surface area contributed by atoms with Crippen LogP contribution in [0.5, 0.6) is 17.2 Å². The first-order valence-corrected chi connectivity index (χ1v) is 12.0. The first-order chi connectivity index (χ1) is 16.5. The van der Waals surface area contributed by atoms with Crippen molar-refractivity contribution in [1.29, 1.82) is 0 Å². The van der Waals surface area contributed by atoms with Crippen molar-refractivity contribution in [2.24, 2.45) is 5.92 Å². The van der Waals surface area contributed by atoms with Crippen LogP contribution in [-0.4, -0.2) is 34.7 Å². The standard InChI is InChI=1S/C30H31NO3/c1-20-14-16-31(19-20)15-4-5-22-8-10-23(11-9-22)30-29(24-6-3-7-25(32)17-24)21(2)27-18-26(33)12-13-28(27)34-30/h3-13,17-18,20,30,32-33H,14-16,19H2,1-2H3/b5-4-. The summed E-state index contributed by atoms with van der Waals surface area (Å²) in [6, 6.07) is 20.9. The molecule has 2 N–H and O–H groups in total. The summed E-state index contributed by atoms with van der Waals surface area (Å²) in [7, 11) is 0. The number of allylic oxidation sites excluding steroid dienone is 1. The van der Waals surface area contributed by atoms with Crippen LogP contribution < -0.4 is 4.74 Å². The largest absolute Gasteiger partial charge is 0.508 e. The molecule has 2 atom stereocenters. The molecule has 0 radical (unpaired) electrons. The summed E-state index contributed by atoms with van der Waals surface area (Å²) in [5.41, 5.74) is 5.99. The fourth-order valence-electron chi connectivity index (χ4n) is 5.03. The van der Waals surface area contributed by atoms with Gasteiger partial charge in [-0.2, -0.15) is 0 Å². The fraction of sp³-hybridized carbons (Fsp3) is 0.267. The molecule has 0 aliphatic carbocycles. The Morgan fingerprint density at radius 3 is 2.53 bits per heavy atom. The molecule has 0 aromatic heterocycles. The minimum absolute atomic E-state index is 0.204. The lowest BCUT2D eigenvalue weighted by atomic mass is 9.86. The van der Waals surface area contributed by atoms with E-state index in [2.05, 4.69) is 48.2 Å². The van der Waals surface area contributed by atoms with Crippen LogP contribution in [0.15, 0.2) is 72.8 Å². The quantitative estimate of drug-likeness (QED) is 0.462. The number of phenolic OH excluding ortho intramolecular Hbond substituents is 2. The molecule has 2 aliphatic heterocycles. The number of hydrogen-bond donors (Lipinski definition) is 2. The Morgan fingerprint density at radius 2 is 1.79 bits per heavy atom. The van der Waals surface area contributed by atoms with E-state index in [9.17, 15) is 10.2 Å². The molecule has 0 saturated carbocycles.